The lowest BCUT2D eigenvalue weighted by atomic mass is 9.70. The van der Waals surface area contributed by atoms with Gasteiger partial charge in [-0.2, -0.15) is 0 Å². The van der Waals surface area contributed by atoms with E-state index in [1.54, 1.807) is 21.3 Å². The second-order valence-electron chi connectivity index (χ2n) is 15.1. The van der Waals surface area contributed by atoms with Crippen LogP contribution in [0.3, 0.4) is 0 Å². The van der Waals surface area contributed by atoms with E-state index in [4.69, 9.17) is 14.2 Å². The zero-order chi connectivity index (χ0) is 40.1. The van der Waals surface area contributed by atoms with E-state index in [0.717, 1.165) is 57.8 Å². The zero-order valence-corrected chi connectivity index (χ0v) is 33.6. The molecule has 0 fully saturated rings. The maximum absolute atomic E-state index is 5.59. The molecule has 0 unspecified atom stereocenters. The highest BCUT2D eigenvalue weighted by molar-refractivity contribution is 5.97. The molecule has 0 radical (unpaired) electrons. The van der Waals surface area contributed by atoms with Crippen molar-refractivity contribution in [2.75, 3.05) is 31.1 Å². The lowest BCUT2D eigenvalue weighted by Gasteiger charge is -2.33. The van der Waals surface area contributed by atoms with Crippen LogP contribution < -0.4 is 24.0 Å². The molecule has 8 aromatic rings. The Balaban J connectivity index is 1.22. The predicted molar refractivity (Wildman–Crippen MR) is 241 cm³/mol. The van der Waals surface area contributed by atoms with Crippen LogP contribution in [0.5, 0.6) is 17.2 Å². The summed E-state index contributed by atoms with van der Waals surface area (Å²) in [7, 11) is 5.12. The van der Waals surface area contributed by atoms with Crippen LogP contribution in [0.2, 0.25) is 0 Å². The van der Waals surface area contributed by atoms with Crippen LogP contribution in [-0.4, -0.2) is 21.3 Å². The number of fused-ring (bicyclic) bond motifs is 10. The molecule has 0 aliphatic heterocycles. The van der Waals surface area contributed by atoms with Gasteiger partial charge in [0.2, 0.25) is 0 Å². The molecule has 0 N–H and O–H groups in total. The molecule has 0 aromatic heterocycles. The van der Waals surface area contributed by atoms with Crippen LogP contribution in [0.4, 0.5) is 34.1 Å². The molecule has 5 heteroatoms. The Morgan fingerprint density at radius 3 is 1.03 bits per heavy atom. The summed E-state index contributed by atoms with van der Waals surface area (Å²) in [6.45, 7) is 2.20. The maximum atomic E-state index is 5.59. The number of nitrogens with zero attached hydrogens (tertiary/aromatic N) is 2. The van der Waals surface area contributed by atoms with Crippen molar-refractivity contribution in [2.45, 2.75) is 18.8 Å². The van der Waals surface area contributed by atoms with Gasteiger partial charge < -0.3 is 24.0 Å². The SMILES string of the molecule is CCc1ccc(N(c2ccc(OC)cc2)c2ccc3c(c2)C2(c4ccccc4-c4ccccc42)c2cc(N(c4ccc(OC)cc4)c4ccc(OC)cc4)ccc2-3)cc1. The minimum atomic E-state index is -0.576. The molecule has 2 aliphatic rings. The first-order chi connectivity index (χ1) is 29.0. The summed E-state index contributed by atoms with van der Waals surface area (Å²) in [6.07, 6.45) is 0.984. The molecule has 0 bridgehead atoms. The van der Waals surface area contributed by atoms with Crippen LogP contribution in [0.15, 0.2) is 182 Å². The number of hydrogen-bond donors (Lipinski definition) is 0. The van der Waals surface area contributed by atoms with Crippen molar-refractivity contribution in [3.63, 3.8) is 0 Å². The Labute approximate surface area is 346 Å². The highest BCUT2D eigenvalue weighted by Crippen LogP contribution is 2.64. The fourth-order valence-corrected chi connectivity index (χ4v) is 9.36. The van der Waals surface area contributed by atoms with Crippen LogP contribution in [0, 0.1) is 0 Å². The van der Waals surface area contributed by atoms with E-state index in [-0.39, 0.29) is 0 Å². The first-order valence-electron chi connectivity index (χ1n) is 20.2. The van der Waals surface area contributed by atoms with E-state index in [0.29, 0.717) is 0 Å². The molecule has 0 atom stereocenters. The van der Waals surface area contributed by atoms with Gasteiger partial charge in [-0.3, -0.25) is 0 Å². The molecule has 5 nitrogen and oxygen atoms in total. The first kappa shape index (κ1) is 36.1. The highest BCUT2D eigenvalue weighted by atomic mass is 16.5. The molecule has 0 amide bonds. The van der Waals surface area contributed by atoms with Gasteiger partial charge in [-0.15, -0.1) is 0 Å². The summed E-state index contributed by atoms with van der Waals surface area (Å²) < 4.78 is 16.7. The fraction of sp³-hybridized carbons (Fsp3) is 0.111. The van der Waals surface area contributed by atoms with Crippen molar-refractivity contribution >= 4 is 34.1 Å². The highest BCUT2D eigenvalue weighted by Gasteiger charge is 2.52. The van der Waals surface area contributed by atoms with Crippen molar-refractivity contribution in [1.82, 2.24) is 0 Å². The summed E-state index contributed by atoms with van der Waals surface area (Å²) in [5, 5.41) is 0. The van der Waals surface area contributed by atoms with Gasteiger partial charge in [0.1, 0.15) is 17.2 Å². The summed E-state index contributed by atoms with van der Waals surface area (Å²) in [5.74, 6) is 2.45. The molecule has 59 heavy (non-hydrogen) atoms. The van der Waals surface area contributed by atoms with Gasteiger partial charge in [-0.05, 0) is 166 Å². The molecule has 10 rings (SSSR count). The van der Waals surface area contributed by atoms with Crippen molar-refractivity contribution in [3.05, 3.63) is 210 Å². The number of ether oxygens (including phenoxy) is 3. The Kier molecular flexibility index (Phi) is 8.94. The average molecular weight is 769 g/mol. The topological polar surface area (TPSA) is 34.2 Å². The lowest BCUT2D eigenvalue weighted by Crippen LogP contribution is -2.26. The molecule has 0 saturated carbocycles. The minimum Gasteiger partial charge on any atom is -0.497 e. The quantitative estimate of drug-likeness (QED) is 0.138. The monoisotopic (exact) mass is 768 g/mol. The van der Waals surface area contributed by atoms with Crippen molar-refractivity contribution < 1.29 is 14.2 Å². The number of aryl methyl sites for hydroxylation is 1. The van der Waals surface area contributed by atoms with Gasteiger partial charge >= 0.3 is 0 Å². The largest absolute Gasteiger partial charge is 0.497 e. The number of anilines is 6. The van der Waals surface area contributed by atoms with Gasteiger partial charge in [-0.1, -0.05) is 79.7 Å². The second-order valence-corrected chi connectivity index (χ2v) is 15.1. The number of benzene rings is 8. The smallest absolute Gasteiger partial charge is 0.119 e. The van der Waals surface area contributed by atoms with Crippen LogP contribution in [0.1, 0.15) is 34.7 Å². The Morgan fingerprint density at radius 2 is 0.678 bits per heavy atom. The van der Waals surface area contributed by atoms with Crippen molar-refractivity contribution in [1.29, 1.82) is 0 Å². The average Bonchev–Trinajstić information content (AvgIpc) is 3.77. The molecule has 0 saturated heterocycles. The van der Waals surface area contributed by atoms with Crippen LogP contribution in [-0.2, 0) is 11.8 Å². The van der Waals surface area contributed by atoms with E-state index in [2.05, 4.69) is 162 Å². The van der Waals surface area contributed by atoms with Gasteiger partial charge in [0.05, 0.1) is 26.7 Å². The third kappa shape index (κ3) is 5.76. The predicted octanol–water partition coefficient (Wildman–Crippen LogP) is 13.6. The molecule has 288 valence electrons. The molecule has 0 heterocycles. The normalized spacial score (nSPS) is 12.6. The van der Waals surface area contributed by atoms with Gasteiger partial charge in [-0.25, -0.2) is 0 Å². The van der Waals surface area contributed by atoms with Crippen molar-refractivity contribution in [3.8, 4) is 39.5 Å². The fourth-order valence-electron chi connectivity index (χ4n) is 9.36. The number of methoxy groups -OCH3 is 3. The zero-order valence-electron chi connectivity index (χ0n) is 33.6. The van der Waals surface area contributed by atoms with E-state index in [1.807, 2.05) is 36.4 Å². The lowest BCUT2D eigenvalue weighted by molar-refractivity contribution is 0.414. The third-order valence-corrected chi connectivity index (χ3v) is 12.2. The van der Waals surface area contributed by atoms with Crippen LogP contribution >= 0.6 is 0 Å². The summed E-state index contributed by atoms with van der Waals surface area (Å²) in [5.41, 5.74) is 17.2. The standard InChI is InChI=1S/C54H44N2O3/c1-5-36-14-16-37(17-15-36)55(38-18-26-43(57-2)27-19-38)41-24-32-48-49-33-25-42(56(39-20-28-44(58-3)29-21-39)40-22-30-45(59-4)31-23-40)35-53(49)54(52(48)34-41)50-12-8-6-10-46(50)47-11-7-9-13-51(47)54/h6-35H,5H2,1-4H3. The van der Waals surface area contributed by atoms with Gasteiger partial charge in [0.25, 0.3) is 0 Å². The number of hydrogen-bond acceptors (Lipinski definition) is 5. The molecule has 1 spiro atoms. The Morgan fingerprint density at radius 1 is 0.356 bits per heavy atom. The van der Waals surface area contributed by atoms with E-state index in [9.17, 15) is 0 Å². The van der Waals surface area contributed by atoms with Gasteiger partial charge in [0.15, 0.2) is 0 Å². The third-order valence-electron chi connectivity index (χ3n) is 12.2. The summed E-state index contributed by atoms with van der Waals surface area (Å²) >= 11 is 0. The Hall–Kier alpha value is -7.24. The number of rotatable bonds is 10. The Bertz CT molecular complexity index is 2520. The summed E-state index contributed by atoms with van der Waals surface area (Å²) in [4.78, 5) is 4.68. The summed E-state index contributed by atoms with van der Waals surface area (Å²) in [6, 6.07) is 65.9. The van der Waals surface area contributed by atoms with Crippen LogP contribution in [0.25, 0.3) is 22.3 Å². The van der Waals surface area contributed by atoms with E-state index in [1.165, 1.54) is 50.1 Å². The second kappa shape index (κ2) is 14.6. The van der Waals surface area contributed by atoms with Crippen molar-refractivity contribution in [2.24, 2.45) is 0 Å². The van der Waals surface area contributed by atoms with E-state index < -0.39 is 5.41 Å². The minimum absolute atomic E-state index is 0.576. The molecule has 8 aromatic carbocycles. The molecule has 2 aliphatic carbocycles. The first-order valence-corrected chi connectivity index (χ1v) is 20.2. The molecular formula is C54H44N2O3. The maximum Gasteiger partial charge on any atom is 0.119 e. The molecular weight excluding hydrogens is 725 g/mol. The van der Waals surface area contributed by atoms with E-state index >= 15 is 0 Å². The van der Waals surface area contributed by atoms with Gasteiger partial charge in [0, 0.05) is 34.1 Å².